The Balaban J connectivity index is 2.98. The number of benzene rings is 1. The lowest BCUT2D eigenvalue weighted by atomic mass is 10.0. The summed E-state index contributed by atoms with van der Waals surface area (Å²) in [7, 11) is 5.24. The van der Waals surface area contributed by atoms with Gasteiger partial charge in [-0.1, -0.05) is 12.1 Å². The molecule has 5 heteroatoms. The average molecular weight is 282 g/mol. The number of likely N-dealkylation sites (N-methyl/N-ethyl adjacent to an activating group) is 2. The number of hydrogen-bond donors (Lipinski definition) is 0. The van der Waals surface area contributed by atoms with E-state index in [9.17, 15) is 9.18 Å². The molecule has 0 aliphatic heterocycles. The minimum Gasteiger partial charge on any atom is -0.383 e. The van der Waals surface area contributed by atoms with E-state index < -0.39 is 6.04 Å². The Morgan fingerprint density at radius 1 is 1.40 bits per heavy atom. The summed E-state index contributed by atoms with van der Waals surface area (Å²) in [6.07, 6.45) is 0. The van der Waals surface area contributed by atoms with Gasteiger partial charge in [-0.3, -0.25) is 9.69 Å². The molecule has 0 aliphatic rings. The van der Waals surface area contributed by atoms with E-state index in [-0.39, 0.29) is 11.7 Å². The molecule has 0 heterocycles. The second-order valence-corrected chi connectivity index (χ2v) is 4.83. The minimum absolute atomic E-state index is 0.0415. The van der Waals surface area contributed by atoms with E-state index >= 15 is 0 Å². The van der Waals surface area contributed by atoms with E-state index in [0.29, 0.717) is 25.3 Å². The fourth-order valence-electron chi connectivity index (χ4n) is 2.14. The highest BCUT2D eigenvalue weighted by atomic mass is 19.1. The number of amides is 1. The maximum absolute atomic E-state index is 13.4. The van der Waals surface area contributed by atoms with Gasteiger partial charge >= 0.3 is 0 Å². The van der Waals surface area contributed by atoms with Crippen molar-refractivity contribution < 1.29 is 13.9 Å². The largest absolute Gasteiger partial charge is 0.383 e. The Kier molecular flexibility index (Phi) is 6.61. The smallest absolute Gasteiger partial charge is 0.244 e. The van der Waals surface area contributed by atoms with Crippen LogP contribution in [0, 0.1) is 5.82 Å². The third-order valence-corrected chi connectivity index (χ3v) is 3.17. The summed E-state index contributed by atoms with van der Waals surface area (Å²) >= 11 is 0. The van der Waals surface area contributed by atoms with Gasteiger partial charge in [0, 0.05) is 20.2 Å². The van der Waals surface area contributed by atoms with E-state index in [1.54, 1.807) is 29.0 Å². The fourth-order valence-corrected chi connectivity index (χ4v) is 2.14. The number of carbonyl (C=O) groups excluding carboxylic acids is 1. The SMILES string of the molecule is CCN(CCOC)C(=O)[C@H](c1cccc(F)c1)N(C)C. The fraction of sp³-hybridized carbons (Fsp3) is 0.533. The molecule has 0 unspecified atom stereocenters. The van der Waals surface area contributed by atoms with Crippen LogP contribution in [0.3, 0.4) is 0 Å². The van der Waals surface area contributed by atoms with Crippen LogP contribution in [0.15, 0.2) is 24.3 Å². The van der Waals surface area contributed by atoms with E-state index in [0.717, 1.165) is 0 Å². The van der Waals surface area contributed by atoms with Gasteiger partial charge in [0.25, 0.3) is 0 Å². The predicted octanol–water partition coefficient (Wildman–Crippen LogP) is 1.92. The Labute approximate surface area is 120 Å². The van der Waals surface area contributed by atoms with E-state index in [2.05, 4.69) is 0 Å². The molecule has 20 heavy (non-hydrogen) atoms. The average Bonchev–Trinajstić information content (AvgIpc) is 2.39. The van der Waals surface area contributed by atoms with Gasteiger partial charge in [0.05, 0.1) is 6.61 Å². The first-order valence-corrected chi connectivity index (χ1v) is 6.70. The molecule has 0 radical (unpaired) electrons. The van der Waals surface area contributed by atoms with Crippen molar-refractivity contribution in [1.82, 2.24) is 9.80 Å². The normalized spacial score (nSPS) is 12.5. The lowest BCUT2D eigenvalue weighted by Crippen LogP contribution is -2.42. The van der Waals surface area contributed by atoms with Crippen LogP contribution in [0.5, 0.6) is 0 Å². The summed E-state index contributed by atoms with van der Waals surface area (Å²) in [6.45, 7) is 3.54. The zero-order valence-electron chi connectivity index (χ0n) is 12.6. The van der Waals surface area contributed by atoms with Crippen molar-refractivity contribution in [3.8, 4) is 0 Å². The molecule has 0 saturated carbocycles. The Morgan fingerprint density at radius 3 is 2.60 bits per heavy atom. The quantitative estimate of drug-likeness (QED) is 0.766. The number of ether oxygens (including phenoxy) is 1. The third-order valence-electron chi connectivity index (χ3n) is 3.17. The third kappa shape index (κ3) is 4.28. The van der Waals surface area contributed by atoms with Crippen molar-refractivity contribution in [2.45, 2.75) is 13.0 Å². The van der Waals surface area contributed by atoms with Crippen molar-refractivity contribution in [2.24, 2.45) is 0 Å². The van der Waals surface area contributed by atoms with E-state index in [1.165, 1.54) is 12.1 Å². The van der Waals surface area contributed by atoms with Crippen molar-refractivity contribution in [1.29, 1.82) is 0 Å². The number of methoxy groups -OCH3 is 1. The first kappa shape index (κ1) is 16.6. The summed E-state index contributed by atoms with van der Waals surface area (Å²) in [5.41, 5.74) is 0.663. The van der Waals surface area contributed by atoms with Gasteiger partial charge in [-0.15, -0.1) is 0 Å². The van der Waals surface area contributed by atoms with Crippen molar-refractivity contribution in [3.05, 3.63) is 35.6 Å². The molecule has 1 atom stereocenters. The van der Waals surface area contributed by atoms with Crippen LogP contribution >= 0.6 is 0 Å². The van der Waals surface area contributed by atoms with E-state index in [4.69, 9.17) is 4.74 Å². The lowest BCUT2D eigenvalue weighted by molar-refractivity contribution is -0.136. The van der Waals surface area contributed by atoms with Gasteiger partial charge in [0.1, 0.15) is 11.9 Å². The Bertz CT molecular complexity index is 438. The van der Waals surface area contributed by atoms with Crippen molar-refractivity contribution in [2.75, 3.05) is 40.9 Å². The Morgan fingerprint density at radius 2 is 2.10 bits per heavy atom. The highest BCUT2D eigenvalue weighted by Crippen LogP contribution is 2.21. The van der Waals surface area contributed by atoms with Crippen LogP contribution in [0.4, 0.5) is 4.39 Å². The van der Waals surface area contributed by atoms with Crippen LogP contribution < -0.4 is 0 Å². The Hall–Kier alpha value is -1.46. The summed E-state index contributed by atoms with van der Waals surface area (Å²) in [5.74, 6) is -0.373. The molecule has 0 saturated heterocycles. The van der Waals surface area contributed by atoms with Crippen molar-refractivity contribution >= 4 is 5.91 Å². The van der Waals surface area contributed by atoms with Crippen molar-refractivity contribution in [3.63, 3.8) is 0 Å². The highest BCUT2D eigenvalue weighted by Gasteiger charge is 2.27. The van der Waals surface area contributed by atoms with Gasteiger partial charge < -0.3 is 9.64 Å². The van der Waals surface area contributed by atoms with Crippen LogP contribution in [-0.4, -0.2) is 56.6 Å². The molecular formula is C15H23FN2O2. The molecule has 0 spiro atoms. The topological polar surface area (TPSA) is 32.8 Å². The predicted molar refractivity (Wildman–Crippen MR) is 77.0 cm³/mol. The monoisotopic (exact) mass is 282 g/mol. The van der Waals surface area contributed by atoms with Crippen LogP contribution in [-0.2, 0) is 9.53 Å². The molecule has 0 N–H and O–H groups in total. The molecule has 1 rings (SSSR count). The number of rotatable bonds is 7. The highest BCUT2D eigenvalue weighted by molar-refractivity contribution is 5.83. The summed E-state index contributed by atoms with van der Waals surface area (Å²) in [4.78, 5) is 16.2. The first-order valence-electron chi connectivity index (χ1n) is 6.70. The number of hydrogen-bond acceptors (Lipinski definition) is 3. The molecule has 1 aromatic rings. The van der Waals surface area contributed by atoms with Gasteiger partial charge in [-0.05, 0) is 38.7 Å². The van der Waals surface area contributed by atoms with Crippen LogP contribution in [0.25, 0.3) is 0 Å². The molecule has 0 aliphatic carbocycles. The molecule has 1 aromatic carbocycles. The molecule has 0 fully saturated rings. The minimum atomic E-state index is -0.484. The second-order valence-electron chi connectivity index (χ2n) is 4.83. The van der Waals surface area contributed by atoms with E-state index in [1.807, 2.05) is 21.0 Å². The van der Waals surface area contributed by atoms with Crippen LogP contribution in [0.1, 0.15) is 18.5 Å². The first-order chi connectivity index (χ1) is 9.51. The van der Waals surface area contributed by atoms with Gasteiger partial charge in [-0.25, -0.2) is 4.39 Å². The number of halogens is 1. The van der Waals surface area contributed by atoms with Crippen LogP contribution in [0.2, 0.25) is 0 Å². The van der Waals surface area contributed by atoms with Gasteiger partial charge in [0.15, 0.2) is 0 Å². The molecular weight excluding hydrogens is 259 g/mol. The zero-order valence-corrected chi connectivity index (χ0v) is 12.6. The maximum Gasteiger partial charge on any atom is 0.244 e. The molecule has 4 nitrogen and oxygen atoms in total. The second kappa shape index (κ2) is 7.97. The van der Waals surface area contributed by atoms with Gasteiger partial charge in [-0.2, -0.15) is 0 Å². The summed E-state index contributed by atoms with van der Waals surface area (Å²) < 4.78 is 18.4. The number of nitrogens with zero attached hydrogens (tertiary/aromatic N) is 2. The lowest BCUT2D eigenvalue weighted by Gasteiger charge is -2.30. The maximum atomic E-state index is 13.4. The summed E-state index contributed by atoms with van der Waals surface area (Å²) in [6, 6.07) is 5.70. The molecule has 112 valence electrons. The van der Waals surface area contributed by atoms with Gasteiger partial charge in [0.2, 0.25) is 5.91 Å². The molecule has 0 aromatic heterocycles. The molecule has 1 amide bonds. The zero-order chi connectivity index (χ0) is 15.1. The summed E-state index contributed by atoms with van der Waals surface area (Å²) in [5, 5.41) is 0. The standard InChI is InChI=1S/C15H23FN2O2/c1-5-18(9-10-20-4)15(19)14(17(2)3)12-7-6-8-13(16)11-12/h6-8,11,14H,5,9-10H2,1-4H3/t14-/m0/s1. The number of carbonyl (C=O) groups is 1. The molecule has 0 bridgehead atoms.